The summed E-state index contributed by atoms with van der Waals surface area (Å²) in [5.74, 6) is 6.18. The third kappa shape index (κ3) is 2.92. The van der Waals surface area contributed by atoms with Crippen LogP contribution in [0.3, 0.4) is 0 Å². The molecule has 2 nitrogen and oxygen atoms in total. The van der Waals surface area contributed by atoms with Gasteiger partial charge < -0.3 is 10.2 Å². The van der Waals surface area contributed by atoms with Crippen LogP contribution in [0.15, 0.2) is 18.2 Å². The predicted octanol–water partition coefficient (Wildman–Crippen LogP) is 1.77. The number of hydrogen-bond donors (Lipinski definition) is 3. The van der Waals surface area contributed by atoms with Crippen molar-refractivity contribution in [3.63, 3.8) is 0 Å². The number of rotatable bonds is 1. The summed E-state index contributed by atoms with van der Waals surface area (Å²) in [6, 6.07) is 4.50. The van der Waals surface area contributed by atoms with Gasteiger partial charge in [0, 0.05) is 17.7 Å². The van der Waals surface area contributed by atoms with E-state index in [9.17, 15) is 0 Å². The van der Waals surface area contributed by atoms with Crippen molar-refractivity contribution in [1.29, 1.82) is 0 Å². The molecule has 0 heterocycles. The van der Waals surface area contributed by atoms with Crippen molar-refractivity contribution in [2.24, 2.45) is 0 Å². The summed E-state index contributed by atoms with van der Waals surface area (Å²) in [4.78, 5) is 0. The molecule has 0 aliphatic heterocycles. The first kappa shape index (κ1) is 9.82. The summed E-state index contributed by atoms with van der Waals surface area (Å²) >= 11 is 4.01. The average Bonchev–Trinajstić information content (AvgIpc) is 2.12. The van der Waals surface area contributed by atoms with Crippen molar-refractivity contribution in [1.82, 2.24) is 0 Å². The molecule has 0 radical (unpaired) electrons. The zero-order chi connectivity index (χ0) is 9.68. The van der Waals surface area contributed by atoms with Gasteiger partial charge in [-0.2, -0.15) is 12.6 Å². The fourth-order valence-corrected chi connectivity index (χ4v) is 0.933. The van der Waals surface area contributed by atoms with Crippen molar-refractivity contribution in [3.8, 4) is 23.3 Å². The maximum atomic E-state index is 9.12. The van der Waals surface area contributed by atoms with Gasteiger partial charge in [0.05, 0.1) is 0 Å². The molecule has 13 heavy (non-hydrogen) atoms. The Morgan fingerprint density at radius 3 is 2.62 bits per heavy atom. The van der Waals surface area contributed by atoms with E-state index in [1.54, 1.807) is 6.07 Å². The minimum absolute atomic E-state index is 0.125. The standard InChI is InChI=1S/C10H10O2S/c11-9-5-4-8(7-10(9)12)3-1-2-6-13/h4-5,7,11-13H,2,6H2. The Morgan fingerprint density at radius 2 is 2.00 bits per heavy atom. The van der Waals surface area contributed by atoms with Gasteiger partial charge >= 0.3 is 0 Å². The van der Waals surface area contributed by atoms with Gasteiger partial charge in [0.25, 0.3) is 0 Å². The van der Waals surface area contributed by atoms with Gasteiger partial charge in [0.2, 0.25) is 0 Å². The molecule has 0 saturated carbocycles. The van der Waals surface area contributed by atoms with Crippen LogP contribution in [0.25, 0.3) is 0 Å². The van der Waals surface area contributed by atoms with Gasteiger partial charge in [0.15, 0.2) is 11.5 Å². The van der Waals surface area contributed by atoms with E-state index in [1.165, 1.54) is 12.1 Å². The molecule has 1 aromatic rings. The third-order valence-electron chi connectivity index (χ3n) is 1.44. The maximum absolute atomic E-state index is 9.12. The van der Waals surface area contributed by atoms with Crippen LogP contribution in [0.2, 0.25) is 0 Å². The highest BCUT2D eigenvalue weighted by Crippen LogP contribution is 2.24. The summed E-state index contributed by atoms with van der Waals surface area (Å²) < 4.78 is 0. The predicted molar refractivity (Wildman–Crippen MR) is 55.1 cm³/mol. The molecule has 0 fully saturated rings. The maximum Gasteiger partial charge on any atom is 0.158 e. The van der Waals surface area contributed by atoms with Crippen molar-refractivity contribution < 1.29 is 10.2 Å². The number of phenols is 2. The lowest BCUT2D eigenvalue weighted by molar-refractivity contribution is 0.403. The molecule has 2 N–H and O–H groups in total. The molecule has 0 amide bonds. The molecule has 0 aliphatic rings. The Labute approximate surface area is 82.6 Å². The number of thiol groups is 1. The van der Waals surface area contributed by atoms with Crippen molar-refractivity contribution in [2.75, 3.05) is 5.75 Å². The van der Waals surface area contributed by atoms with E-state index in [-0.39, 0.29) is 11.5 Å². The molecule has 0 aliphatic carbocycles. The van der Waals surface area contributed by atoms with Gasteiger partial charge in [0.1, 0.15) is 0 Å². The lowest BCUT2D eigenvalue weighted by Gasteiger charge is -1.96. The summed E-state index contributed by atoms with van der Waals surface area (Å²) in [6.07, 6.45) is 0.713. The number of aromatic hydroxyl groups is 2. The zero-order valence-corrected chi connectivity index (χ0v) is 7.88. The van der Waals surface area contributed by atoms with Crippen LogP contribution in [0.4, 0.5) is 0 Å². The minimum atomic E-state index is -0.141. The fourth-order valence-electron chi connectivity index (χ4n) is 0.822. The normalized spacial score (nSPS) is 9.00. The first-order chi connectivity index (χ1) is 6.24. The molecule has 0 atom stereocenters. The Bertz CT molecular complexity index is 350. The van der Waals surface area contributed by atoms with E-state index in [4.69, 9.17) is 10.2 Å². The highest BCUT2D eigenvalue weighted by atomic mass is 32.1. The highest BCUT2D eigenvalue weighted by molar-refractivity contribution is 7.80. The Morgan fingerprint density at radius 1 is 1.23 bits per heavy atom. The van der Waals surface area contributed by atoms with E-state index < -0.39 is 0 Å². The van der Waals surface area contributed by atoms with Crippen molar-refractivity contribution >= 4 is 12.6 Å². The Kier molecular flexibility index (Phi) is 3.53. The summed E-state index contributed by atoms with van der Waals surface area (Å²) in [5, 5.41) is 18.1. The summed E-state index contributed by atoms with van der Waals surface area (Å²) in [6.45, 7) is 0. The minimum Gasteiger partial charge on any atom is -0.504 e. The van der Waals surface area contributed by atoms with Crippen molar-refractivity contribution in [2.45, 2.75) is 6.42 Å². The van der Waals surface area contributed by atoms with Crippen LogP contribution in [0, 0.1) is 11.8 Å². The van der Waals surface area contributed by atoms with E-state index in [0.717, 1.165) is 5.75 Å². The van der Waals surface area contributed by atoms with Crippen LogP contribution in [-0.4, -0.2) is 16.0 Å². The molecule has 0 spiro atoms. The largest absolute Gasteiger partial charge is 0.504 e. The Hall–Kier alpha value is -1.27. The first-order valence-electron chi connectivity index (χ1n) is 3.86. The number of hydrogen-bond acceptors (Lipinski definition) is 3. The second kappa shape index (κ2) is 4.68. The van der Waals surface area contributed by atoms with E-state index >= 15 is 0 Å². The lowest BCUT2D eigenvalue weighted by atomic mass is 10.2. The number of benzene rings is 1. The van der Waals surface area contributed by atoms with Crippen LogP contribution in [-0.2, 0) is 0 Å². The van der Waals surface area contributed by atoms with Crippen LogP contribution < -0.4 is 0 Å². The molecular weight excluding hydrogens is 184 g/mol. The third-order valence-corrected chi connectivity index (χ3v) is 1.67. The van der Waals surface area contributed by atoms with E-state index in [1.807, 2.05) is 0 Å². The number of phenolic OH excluding ortho intramolecular Hbond substituents is 2. The fraction of sp³-hybridized carbons (Fsp3) is 0.200. The van der Waals surface area contributed by atoms with Gasteiger partial charge in [-0.1, -0.05) is 11.8 Å². The monoisotopic (exact) mass is 194 g/mol. The first-order valence-corrected chi connectivity index (χ1v) is 4.49. The molecule has 0 saturated heterocycles. The molecule has 1 rings (SSSR count). The highest BCUT2D eigenvalue weighted by Gasteiger charge is 1.97. The van der Waals surface area contributed by atoms with Gasteiger partial charge in [-0.3, -0.25) is 0 Å². The second-order valence-electron chi connectivity index (χ2n) is 2.48. The Balaban J connectivity index is 2.81. The summed E-state index contributed by atoms with van der Waals surface area (Å²) in [7, 11) is 0. The molecule has 3 heteroatoms. The van der Waals surface area contributed by atoms with E-state index in [0.29, 0.717) is 12.0 Å². The topological polar surface area (TPSA) is 40.5 Å². The quantitative estimate of drug-likeness (QED) is 0.362. The zero-order valence-electron chi connectivity index (χ0n) is 6.99. The van der Waals surface area contributed by atoms with E-state index in [2.05, 4.69) is 24.5 Å². The van der Waals surface area contributed by atoms with Crippen LogP contribution in [0.5, 0.6) is 11.5 Å². The van der Waals surface area contributed by atoms with Gasteiger partial charge in [-0.15, -0.1) is 0 Å². The molecule has 0 aromatic heterocycles. The molecule has 0 unspecified atom stereocenters. The SMILES string of the molecule is Oc1ccc(C#CCCS)cc1O. The van der Waals surface area contributed by atoms with Crippen LogP contribution in [0.1, 0.15) is 12.0 Å². The lowest BCUT2D eigenvalue weighted by Crippen LogP contribution is -1.75. The molecule has 68 valence electrons. The van der Waals surface area contributed by atoms with Gasteiger partial charge in [-0.25, -0.2) is 0 Å². The second-order valence-corrected chi connectivity index (χ2v) is 2.93. The smallest absolute Gasteiger partial charge is 0.158 e. The van der Waals surface area contributed by atoms with Gasteiger partial charge in [-0.05, 0) is 18.2 Å². The molecular formula is C10H10O2S. The molecule has 0 bridgehead atoms. The molecule has 1 aromatic carbocycles. The summed E-state index contributed by atoms with van der Waals surface area (Å²) in [5.41, 5.74) is 0.692. The average molecular weight is 194 g/mol. The van der Waals surface area contributed by atoms with Crippen molar-refractivity contribution in [3.05, 3.63) is 23.8 Å². The van der Waals surface area contributed by atoms with Crippen LogP contribution >= 0.6 is 12.6 Å².